The highest BCUT2D eigenvalue weighted by atomic mass is 16.3. The van der Waals surface area contributed by atoms with Gasteiger partial charge in [-0.2, -0.15) is 0 Å². The Labute approximate surface area is 173 Å². The molecule has 1 aliphatic heterocycles. The van der Waals surface area contributed by atoms with Crippen LogP contribution in [-0.4, -0.2) is 57.9 Å². The maximum atomic E-state index is 12.7. The number of amides is 1. The number of carbonyl (C=O) groups is 2. The molecule has 6 heteroatoms. The van der Waals surface area contributed by atoms with Crippen molar-refractivity contribution in [1.82, 2.24) is 9.80 Å². The van der Waals surface area contributed by atoms with Crippen LogP contribution < -0.4 is 0 Å². The number of hydrogen-bond donors (Lipinski definition) is 2. The van der Waals surface area contributed by atoms with Crippen LogP contribution in [0.25, 0.3) is 0 Å². The van der Waals surface area contributed by atoms with Gasteiger partial charge >= 0.3 is 0 Å². The van der Waals surface area contributed by atoms with E-state index in [2.05, 4.69) is 18.7 Å². The number of hydrogen-bond acceptors (Lipinski definition) is 5. The molecule has 0 bridgehead atoms. The third-order valence-corrected chi connectivity index (χ3v) is 5.42. The van der Waals surface area contributed by atoms with E-state index in [1.165, 1.54) is 19.1 Å². The van der Waals surface area contributed by atoms with E-state index in [1.54, 1.807) is 17.0 Å². The Bertz CT molecular complexity index is 719. The van der Waals surface area contributed by atoms with E-state index in [9.17, 15) is 19.8 Å². The average Bonchev–Trinajstić information content (AvgIpc) is 2.95. The Morgan fingerprint density at radius 3 is 2.07 bits per heavy atom. The van der Waals surface area contributed by atoms with Gasteiger partial charge in [0, 0.05) is 6.54 Å². The molecule has 1 heterocycles. The van der Waals surface area contributed by atoms with E-state index in [-0.39, 0.29) is 17.1 Å². The number of aliphatic hydroxyl groups excluding tert-OH is 1. The Morgan fingerprint density at radius 2 is 1.55 bits per heavy atom. The van der Waals surface area contributed by atoms with Crippen molar-refractivity contribution in [1.29, 1.82) is 0 Å². The molecular weight excluding hydrogens is 368 g/mol. The fourth-order valence-electron chi connectivity index (χ4n) is 3.81. The molecule has 1 aromatic rings. The van der Waals surface area contributed by atoms with Crippen LogP contribution in [0.3, 0.4) is 0 Å². The molecule has 0 saturated heterocycles. The number of phenols is 1. The summed E-state index contributed by atoms with van der Waals surface area (Å²) in [5.74, 6) is -1.15. The van der Waals surface area contributed by atoms with Gasteiger partial charge in [0.05, 0.1) is 11.6 Å². The molecule has 160 valence electrons. The van der Waals surface area contributed by atoms with Crippen LogP contribution in [0.1, 0.15) is 64.5 Å². The first-order valence-electron chi connectivity index (χ1n) is 10.7. The lowest BCUT2D eigenvalue weighted by Gasteiger charge is -2.28. The number of ketones is 1. The monoisotopic (exact) mass is 402 g/mol. The molecule has 2 rings (SSSR count). The van der Waals surface area contributed by atoms with Gasteiger partial charge in [0.2, 0.25) is 0 Å². The first-order valence-corrected chi connectivity index (χ1v) is 10.7. The van der Waals surface area contributed by atoms with Crippen molar-refractivity contribution in [3.8, 4) is 5.75 Å². The number of unbranched alkanes of at least 4 members (excludes halogenated alkanes) is 2. The molecule has 1 unspecified atom stereocenters. The van der Waals surface area contributed by atoms with Gasteiger partial charge in [-0.05, 0) is 63.5 Å². The predicted octanol–water partition coefficient (Wildman–Crippen LogP) is 3.97. The minimum absolute atomic E-state index is 0.115. The zero-order valence-electron chi connectivity index (χ0n) is 17.9. The maximum absolute atomic E-state index is 12.7. The molecule has 6 nitrogen and oxygen atoms in total. The summed E-state index contributed by atoms with van der Waals surface area (Å²) in [6.07, 6.45) is 5.37. The summed E-state index contributed by atoms with van der Waals surface area (Å²) in [5.41, 5.74) is 0.841. The van der Waals surface area contributed by atoms with Gasteiger partial charge in [-0.25, -0.2) is 0 Å². The number of aliphatic hydroxyl groups is 1. The van der Waals surface area contributed by atoms with Gasteiger partial charge < -0.3 is 20.0 Å². The van der Waals surface area contributed by atoms with Gasteiger partial charge in [0.1, 0.15) is 5.75 Å². The largest absolute Gasteiger partial charge is 0.508 e. The SMILES string of the molecule is CCCCN(CCCC)CCCN1C(=O)C(O)=C(C(C)=O)C1c1ccc(O)cc1. The number of rotatable bonds is 12. The summed E-state index contributed by atoms with van der Waals surface area (Å²) in [6, 6.07) is 5.83. The van der Waals surface area contributed by atoms with E-state index in [0.29, 0.717) is 12.1 Å². The topological polar surface area (TPSA) is 81.1 Å². The van der Waals surface area contributed by atoms with E-state index < -0.39 is 17.7 Å². The van der Waals surface area contributed by atoms with Gasteiger partial charge in [0.15, 0.2) is 11.5 Å². The van der Waals surface area contributed by atoms with Gasteiger partial charge in [0.25, 0.3) is 5.91 Å². The number of nitrogens with zero attached hydrogens (tertiary/aromatic N) is 2. The lowest BCUT2D eigenvalue weighted by molar-refractivity contribution is -0.129. The molecule has 1 aliphatic rings. The Kier molecular flexibility index (Phi) is 8.70. The molecule has 0 radical (unpaired) electrons. The summed E-state index contributed by atoms with van der Waals surface area (Å²) >= 11 is 0. The van der Waals surface area contributed by atoms with Crippen molar-refractivity contribution in [2.75, 3.05) is 26.2 Å². The van der Waals surface area contributed by atoms with Crippen molar-refractivity contribution in [2.45, 2.75) is 58.9 Å². The fraction of sp³-hybridized carbons (Fsp3) is 0.565. The number of benzene rings is 1. The van der Waals surface area contributed by atoms with Crippen LogP contribution in [0.15, 0.2) is 35.6 Å². The van der Waals surface area contributed by atoms with Crippen LogP contribution in [0, 0.1) is 0 Å². The van der Waals surface area contributed by atoms with E-state index >= 15 is 0 Å². The lowest BCUT2D eigenvalue weighted by Crippen LogP contribution is -2.35. The number of Topliss-reactive ketones (excluding diaryl/α,β-unsaturated/α-hetero) is 1. The fourth-order valence-corrected chi connectivity index (χ4v) is 3.81. The van der Waals surface area contributed by atoms with Crippen LogP contribution in [0.2, 0.25) is 0 Å². The minimum atomic E-state index is -0.611. The minimum Gasteiger partial charge on any atom is -0.508 e. The highest BCUT2D eigenvalue weighted by Gasteiger charge is 2.41. The standard InChI is InChI=1S/C23H34N2O4/c1-4-6-13-24(14-7-5-2)15-8-16-25-21(18-9-11-19(27)12-10-18)20(17(3)26)22(28)23(25)29/h9-12,21,27-28H,4-8,13-16H2,1-3H3. The number of aromatic hydroxyl groups is 1. The maximum Gasteiger partial charge on any atom is 0.290 e. The predicted molar refractivity (Wildman–Crippen MR) is 114 cm³/mol. The molecule has 1 aromatic carbocycles. The summed E-state index contributed by atoms with van der Waals surface area (Å²) in [7, 11) is 0. The lowest BCUT2D eigenvalue weighted by atomic mass is 9.96. The second-order valence-corrected chi connectivity index (χ2v) is 7.71. The molecule has 29 heavy (non-hydrogen) atoms. The normalized spacial score (nSPS) is 16.9. The van der Waals surface area contributed by atoms with E-state index in [4.69, 9.17) is 0 Å². The van der Waals surface area contributed by atoms with Crippen LogP contribution >= 0.6 is 0 Å². The molecule has 0 spiro atoms. The molecular formula is C23H34N2O4. The highest BCUT2D eigenvalue weighted by molar-refractivity contribution is 6.08. The third kappa shape index (κ3) is 5.82. The van der Waals surface area contributed by atoms with Crippen molar-refractivity contribution in [3.63, 3.8) is 0 Å². The Balaban J connectivity index is 2.13. The summed E-state index contributed by atoms with van der Waals surface area (Å²) in [5, 5.41) is 19.9. The molecule has 0 aromatic heterocycles. The Hall–Kier alpha value is -2.34. The van der Waals surface area contributed by atoms with Gasteiger partial charge in [-0.3, -0.25) is 9.59 Å². The zero-order valence-corrected chi connectivity index (χ0v) is 17.9. The first kappa shape index (κ1) is 22.9. The van der Waals surface area contributed by atoms with Crippen LogP contribution in [0.4, 0.5) is 0 Å². The second-order valence-electron chi connectivity index (χ2n) is 7.71. The van der Waals surface area contributed by atoms with Crippen LogP contribution in [0.5, 0.6) is 5.75 Å². The van der Waals surface area contributed by atoms with Crippen molar-refractivity contribution >= 4 is 11.7 Å². The first-order chi connectivity index (χ1) is 13.9. The Morgan fingerprint density at radius 1 is 1.00 bits per heavy atom. The number of phenolic OH excluding ortho intramolecular Hbond substituents is 1. The molecule has 0 aliphatic carbocycles. The highest BCUT2D eigenvalue weighted by Crippen LogP contribution is 2.38. The molecule has 1 atom stereocenters. The van der Waals surface area contributed by atoms with Gasteiger partial charge in [-0.15, -0.1) is 0 Å². The molecule has 1 amide bonds. The number of carbonyl (C=O) groups excluding carboxylic acids is 2. The smallest absolute Gasteiger partial charge is 0.290 e. The zero-order chi connectivity index (χ0) is 21.4. The second kappa shape index (κ2) is 11.0. The molecule has 0 saturated carbocycles. The molecule has 2 N–H and O–H groups in total. The quantitative estimate of drug-likeness (QED) is 0.553. The van der Waals surface area contributed by atoms with Crippen molar-refractivity contribution in [3.05, 3.63) is 41.2 Å². The summed E-state index contributed by atoms with van der Waals surface area (Å²) in [4.78, 5) is 28.9. The summed E-state index contributed by atoms with van der Waals surface area (Å²) in [6.45, 7) is 9.17. The van der Waals surface area contributed by atoms with Gasteiger partial charge in [-0.1, -0.05) is 38.8 Å². The summed E-state index contributed by atoms with van der Waals surface area (Å²) < 4.78 is 0. The van der Waals surface area contributed by atoms with Crippen molar-refractivity contribution in [2.24, 2.45) is 0 Å². The average molecular weight is 403 g/mol. The van der Waals surface area contributed by atoms with Crippen LogP contribution in [-0.2, 0) is 9.59 Å². The third-order valence-electron chi connectivity index (χ3n) is 5.42. The van der Waals surface area contributed by atoms with Crippen molar-refractivity contribution < 1.29 is 19.8 Å². The molecule has 0 fully saturated rings. The van der Waals surface area contributed by atoms with E-state index in [0.717, 1.165) is 51.7 Å². The van der Waals surface area contributed by atoms with E-state index in [1.807, 2.05) is 0 Å².